The average Bonchev–Trinajstić information content (AvgIpc) is 3.25. The van der Waals surface area contributed by atoms with Crippen LogP contribution in [0.15, 0.2) is 102 Å². The number of benzene rings is 3. The molecule has 34 heavy (non-hydrogen) atoms. The number of aryl methyl sites for hydroxylation is 2. The maximum Gasteiger partial charge on any atom is 0.228 e. The fourth-order valence-corrected chi connectivity index (χ4v) is 4.63. The Morgan fingerprint density at radius 1 is 0.794 bits per heavy atom. The second kappa shape index (κ2) is 7.92. The molecule has 4 heteroatoms. The summed E-state index contributed by atoms with van der Waals surface area (Å²) in [7, 11) is 1.97. The van der Waals surface area contributed by atoms with Crippen molar-refractivity contribution >= 4 is 22.1 Å². The van der Waals surface area contributed by atoms with Gasteiger partial charge in [0.1, 0.15) is 12.9 Å². The van der Waals surface area contributed by atoms with Crippen LogP contribution in [0.25, 0.3) is 55.7 Å². The molecule has 3 heterocycles. The smallest absolute Gasteiger partial charge is 0.228 e. The first kappa shape index (κ1) is 20.3. The Kier molecular flexibility index (Phi) is 4.73. The van der Waals surface area contributed by atoms with Crippen molar-refractivity contribution in [3.05, 3.63) is 109 Å². The van der Waals surface area contributed by atoms with E-state index in [1.165, 1.54) is 5.56 Å². The van der Waals surface area contributed by atoms with Crippen LogP contribution in [0.5, 0.6) is 0 Å². The van der Waals surface area contributed by atoms with Gasteiger partial charge in [0, 0.05) is 17.7 Å². The summed E-state index contributed by atoms with van der Waals surface area (Å²) in [6.07, 6.45) is 1.97. The predicted molar refractivity (Wildman–Crippen MR) is 134 cm³/mol. The van der Waals surface area contributed by atoms with Crippen molar-refractivity contribution in [2.24, 2.45) is 7.05 Å². The third kappa shape index (κ3) is 3.27. The third-order valence-corrected chi connectivity index (χ3v) is 6.36. The first-order valence-electron chi connectivity index (χ1n) is 11.2. The number of aromatic nitrogens is 2. The second-order valence-corrected chi connectivity index (χ2v) is 8.55. The van der Waals surface area contributed by atoms with Gasteiger partial charge < -0.3 is 4.42 Å². The van der Waals surface area contributed by atoms with Crippen LogP contribution in [-0.4, -0.2) is 4.98 Å². The van der Waals surface area contributed by atoms with Crippen LogP contribution in [-0.2, 0) is 7.05 Å². The Morgan fingerprint density at radius 2 is 1.50 bits per heavy atom. The first-order valence-corrected chi connectivity index (χ1v) is 11.2. The van der Waals surface area contributed by atoms with Crippen LogP contribution in [0.1, 0.15) is 5.56 Å². The largest absolute Gasteiger partial charge is 0.437 e. The van der Waals surface area contributed by atoms with Gasteiger partial charge >= 0.3 is 0 Å². The monoisotopic (exact) mass is 445 g/mol. The van der Waals surface area contributed by atoms with Gasteiger partial charge in [-0.05, 0) is 47.9 Å². The quantitative estimate of drug-likeness (QED) is 0.269. The van der Waals surface area contributed by atoms with Crippen molar-refractivity contribution in [3.8, 4) is 33.6 Å². The van der Waals surface area contributed by atoms with Crippen LogP contribution in [0.4, 0.5) is 4.39 Å². The molecular formula is C30H22FN2O+. The molecule has 0 amide bonds. The minimum absolute atomic E-state index is 0.296. The van der Waals surface area contributed by atoms with Crippen molar-refractivity contribution in [1.29, 1.82) is 0 Å². The highest BCUT2D eigenvalue weighted by Gasteiger charge is 2.23. The van der Waals surface area contributed by atoms with Crippen LogP contribution in [0, 0.1) is 12.7 Å². The Morgan fingerprint density at radius 3 is 2.26 bits per heavy atom. The van der Waals surface area contributed by atoms with Gasteiger partial charge in [-0.15, -0.1) is 0 Å². The Bertz CT molecular complexity index is 1670. The number of hydrogen-bond donors (Lipinski definition) is 0. The van der Waals surface area contributed by atoms with E-state index in [0.29, 0.717) is 22.1 Å². The first-order chi connectivity index (χ1) is 16.6. The molecule has 0 bridgehead atoms. The number of nitrogens with zero attached hydrogens (tertiary/aromatic N) is 2. The summed E-state index contributed by atoms with van der Waals surface area (Å²) in [4.78, 5) is 4.77. The molecule has 0 spiro atoms. The van der Waals surface area contributed by atoms with Crippen LogP contribution in [0.2, 0.25) is 0 Å². The minimum atomic E-state index is -0.296. The van der Waals surface area contributed by atoms with E-state index in [2.05, 4.69) is 36.4 Å². The van der Waals surface area contributed by atoms with Gasteiger partial charge in [-0.3, -0.25) is 0 Å². The van der Waals surface area contributed by atoms with E-state index in [9.17, 15) is 0 Å². The molecule has 3 nitrogen and oxygen atoms in total. The lowest BCUT2D eigenvalue weighted by Gasteiger charge is -2.06. The fraction of sp³-hybridized carbons (Fsp3) is 0.0667. The van der Waals surface area contributed by atoms with E-state index in [1.54, 1.807) is 6.07 Å². The third-order valence-electron chi connectivity index (χ3n) is 6.36. The lowest BCUT2D eigenvalue weighted by atomic mass is 10.00. The summed E-state index contributed by atoms with van der Waals surface area (Å²) < 4.78 is 23.4. The van der Waals surface area contributed by atoms with Crippen molar-refractivity contribution < 1.29 is 13.4 Å². The standard InChI is InChI=1S/C30H22FN2O/c1-19-18-24(31)28-23-15-16-25(22-13-11-21(12-14-22)20-8-4-3-5-9-20)32-30(23)34-29(28)27(19)26-10-6-7-17-33(26)2/h3-18H,1-2H3/q+1. The zero-order valence-corrected chi connectivity index (χ0v) is 18.9. The molecule has 164 valence electrons. The van der Waals surface area contributed by atoms with E-state index in [-0.39, 0.29) is 5.82 Å². The summed E-state index contributed by atoms with van der Waals surface area (Å²) in [5.74, 6) is -0.296. The summed E-state index contributed by atoms with van der Waals surface area (Å²) in [5.41, 5.74) is 7.70. The summed E-state index contributed by atoms with van der Waals surface area (Å²) >= 11 is 0. The maximum atomic E-state index is 15.1. The number of pyridine rings is 2. The fourth-order valence-electron chi connectivity index (χ4n) is 4.63. The minimum Gasteiger partial charge on any atom is -0.437 e. The SMILES string of the molecule is Cc1cc(F)c2c(oc3nc(-c4ccc(-c5ccccc5)cc4)ccc32)c1-c1cccc[n+]1C. The Balaban J connectivity index is 1.50. The number of fused-ring (bicyclic) bond motifs is 3. The molecule has 0 atom stereocenters. The number of halogens is 1. The highest BCUT2D eigenvalue weighted by molar-refractivity contribution is 6.09. The number of furan rings is 1. The molecule has 0 saturated carbocycles. The molecule has 0 saturated heterocycles. The molecule has 6 aromatic rings. The maximum absolute atomic E-state index is 15.1. The van der Waals surface area contributed by atoms with Crippen LogP contribution < -0.4 is 4.57 Å². The molecule has 3 aromatic heterocycles. The molecule has 0 aliphatic carbocycles. The van der Waals surface area contributed by atoms with Crippen molar-refractivity contribution in [1.82, 2.24) is 4.98 Å². The lowest BCUT2D eigenvalue weighted by molar-refractivity contribution is -0.660. The topological polar surface area (TPSA) is 29.9 Å². The van der Waals surface area contributed by atoms with Gasteiger partial charge in [0.25, 0.3) is 0 Å². The van der Waals surface area contributed by atoms with E-state index in [0.717, 1.165) is 33.6 Å². The van der Waals surface area contributed by atoms with Crippen LogP contribution >= 0.6 is 0 Å². The molecule has 3 aromatic carbocycles. The highest BCUT2D eigenvalue weighted by Crippen LogP contribution is 2.38. The predicted octanol–water partition coefficient (Wildman–Crippen LogP) is 7.25. The van der Waals surface area contributed by atoms with Gasteiger partial charge in [0.05, 0.1) is 22.0 Å². The molecule has 0 aliphatic heterocycles. The van der Waals surface area contributed by atoms with Crippen molar-refractivity contribution in [3.63, 3.8) is 0 Å². The average molecular weight is 446 g/mol. The molecule has 0 N–H and O–H groups in total. The molecule has 6 rings (SSSR count). The Labute approximate surface area is 196 Å². The zero-order valence-electron chi connectivity index (χ0n) is 18.9. The van der Waals surface area contributed by atoms with Gasteiger partial charge in [-0.25, -0.2) is 13.9 Å². The van der Waals surface area contributed by atoms with Gasteiger partial charge in [0.15, 0.2) is 11.8 Å². The van der Waals surface area contributed by atoms with Gasteiger partial charge in [0.2, 0.25) is 11.4 Å². The number of rotatable bonds is 3. The van der Waals surface area contributed by atoms with Crippen molar-refractivity contribution in [2.45, 2.75) is 6.92 Å². The molecule has 0 radical (unpaired) electrons. The summed E-state index contributed by atoms with van der Waals surface area (Å²) in [5, 5.41) is 1.15. The van der Waals surface area contributed by atoms with E-state index < -0.39 is 0 Å². The van der Waals surface area contributed by atoms with E-state index in [4.69, 9.17) is 9.40 Å². The molecule has 0 unspecified atom stereocenters. The van der Waals surface area contributed by atoms with Crippen LogP contribution in [0.3, 0.4) is 0 Å². The lowest BCUT2D eigenvalue weighted by Crippen LogP contribution is -2.30. The Hall–Kier alpha value is -4.31. The highest BCUT2D eigenvalue weighted by atomic mass is 19.1. The van der Waals surface area contributed by atoms with Gasteiger partial charge in [-0.2, -0.15) is 0 Å². The zero-order chi connectivity index (χ0) is 23.2. The molecule has 0 fully saturated rings. The normalized spacial score (nSPS) is 11.4. The molecule has 0 aliphatic rings. The number of hydrogen-bond acceptors (Lipinski definition) is 2. The van der Waals surface area contributed by atoms with Crippen molar-refractivity contribution in [2.75, 3.05) is 0 Å². The van der Waals surface area contributed by atoms with E-state index in [1.807, 2.05) is 73.3 Å². The summed E-state index contributed by atoms with van der Waals surface area (Å²) in [6.45, 7) is 1.91. The molecular weight excluding hydrogens is 423 g/mol. The van der Waals surface area contributed by atoms with E-state index >= 15 is 4.39 Å². The summed E-state index contributed by atoms with van der Waals surface area (Å²) in [6, 6.07) is 29.9. The van der Waals surface area contributed by atoms with Gasteiger partial charge in [-0.1, -0.05) is 54.6 Å². The second-order valence-electron chi connectivity index (χ2n) is 8.55.